The van der Waals surface area contributed by atoms with Crippen LogP contribution in [0.25, 0.3) is 6.08 Å². The lowest BCUT2D eigenvalue weighted by Crippen LogP contribution is -2.29. The summed E-state index contributed by atoms with van der Waals surface area (Å²) in [5.41, 5.74) is 1.90. The average molecular weight is 416 g/mol. The molecule has 0 fully saturated rings. The van der Waals surface area contributed by atoms with Crippen molar-refractivity contribution in [3.05, 3.63) is 70.2 Å². The van der Waals surface area contributed by atoms with E-state index in [4.69, 9.17) is 4.74 Å². The van der Waals surface area contributed by atoms with E-state index < -0.39 is 18.0 Å². The van der Waals surface area contributed by atoms with Gasteiger partial charge in [-0.2, -0.15) is 0 Å². The highest BCUT2D eigenvalue weighted by atomic mass is 79.9. The molecule has 1 amide bonds. The standard InChI is InChI=1S/C20H18BrNO4/c1-13(23)15-7-10-17(11-8-15)22-20(25)14(2)26-19(24)12-9-16-5-3-4-6-18(16)21/h3-12,14H,1-2H3,(H,22,25)/b12-9+/t14-/m0/s1. The van der Waals surface area contributed by atoms with E-state index >= 15 is 0 Å². The fourth-order valence-electron chi connectivity index (χ4n) is 2.07. The third-order valence-electron chi connectivity index (χ3n) is 3.53. The molecule has 26 heavy (non-hydrogen) atoms. The van der Waals surface area contributed by atoms with Crippen molar-refractivity contribution in [2.45, 2.75) is 20.0 Å². The monoisotopic (exact) mass is 415 g/mol. The van der Waals surface area contributed by atoms with Crippen molar-refractivity contribution in [2.75, 3.05) is 5.32 Å². The number of rotatable bonds is 6. The van der Waals surface area contributed by atoms with Gasteiger partial charge in [-0.15, -0.1) is 0 Å². The van der Waals surface area contributed by atoms with E-state index in [9.17, 15) is 14.4 Å². The summed E-state index contributed by atoms with van der Waals surface area (Å²) in [6.45, 7) is 2.96. The summed E-state index contributed by atoms with van der Waals surface area (Å²) in [7, 11) is 0. The number of carbonyl (C=O) groups excluding carboxylic acids is 3. The zero-order chi connectivity index (χ0) is 19.1. The molecule has 0 bridgehead atoms. The predicted molar refractivity (Wildman–Crippen MR) is 104 cm³/mol. The number of Topliss-reactive ketones (excluding diaryl/α,β-unsaturated/α-hetero) is 1. The first-order valence-corrected chi connectivity index (χ1v) is 8.71. The Bertz CT molecular complexity index is 843. The molecule has 6 heteroatoms. The van der Waals surface area contributed by atoms with Gasteiger partial charge in [0, 0.05) is 21.8 Å². The normalized spacial score (nSPS) is 11.8. The molecule has 1 N–H and O–H groups in total. The number of halogens is 1. The highest BCUT2D eigenvalue weighted by Gasteiger charge is 2.16. The number of benzene rings is 2. The van der Waals surface area contributed by atoms with Crippen LogP contribution in [0.3, 0.4) is 0 Å². The lowest BCUT2D eigenvalue weighted by Gasteiger charge is -2.12. The molecule has 2 aromatic rings. The Labute approximate surface area is 160 Å². The zero-order valence-corrected chi connectivity index (χ0v) is 15.9. The number of hydrogen-bond acceptors (Lipinski definition) is 4. The van der Waals surface area contributed by atoms with Crippen LogP contribution in [-0.4, -0.2) is 23.8 Å². The Balaban J connectivity index is 1.90. The SMILES string of the molecule is CC(=O)c1ccc(NC(=O)[C@H](C)OC(=O)/C=C/c2ccccc2Br)cc1. The highest BCUT2D eigenvalue weighted by molar-refractivity contribution is 9.10. The number of ketones is 1. The third kappa shape index (κ3) is 5.67. The maximum Gasteiger partial charge on any atom is 0.331 e. The summed E-state index contributed by atoms with van der Waals surface area (Å²) in [5, 5.41) is 2.64. The molecule has 2 rings (SSSR count). The number of hydrogen-bond donors (Lipinski definition) is 1. The van der Waals surface area contributed by atoms with Crippen LogP contribution in [0.5, 0.6) is 0 Å². The van der Waals surface area contributed by atoms with Crippen LogP contribution in [0.1, 0.15) is 29.8 Å². The topological polar surface area (TPSA) is 72.5 Å². The number of amides is 1. The molecule has 0 heterocycles. The van der Waals surface area contributed by atoms with Crippen LogP contribution < -0.4 is 5.32 Å². The predicted octanol–water partition coefficient (Wildman–Crippen LogP) is 4.24. The van der Waals surface area contributed by atoms with E-state index in [1.165, 1.54) is 19.9 Å². The Morgan fingerprint density at radius 2 is 1.73 bits per heavy atom. The van der Waals surface area contributed by atoms with Gasteiger partial charge in [-0.25, -0.2) is 4.79 Å². The lowest BCUT2D eigenvalue weighted by molar-refractivity contribution is -0.148. The van der Waals surface area contributed by atoms with Gasteiger partial charge in [-0.05, 0) is 55.8 Å². The van der Waals surface area contributed by atoms with Crippen LogP contribution in [0.15, 0.2) is 59.1 Å². The average Bonchev–Trinajstić information content (AvgIpc) is 2.61. The molecule has 0 saturated carbocycles. The summed E-state index contributed by atoms with van der Waals surface area (Å²) in [6.07, 6.45) is 1.92. The van der Waals surface area contributed by atoms with Crippen LogP contribution in [0, 0.1) is 0 Å². The van der Waals surface area contributed by atoms with Crippen molar-refractivity contribution in [3.8, 4) is 0 Å². The smallest absolute Gasteiger partial charge is 0.331 e. The molecule has 0 aromatic heterocycles. The van der Waals surface area contributed by atoms with E-state index in [1.807, 2.05) is 24.3 Å². The summed E-state index contributed by atoms with van der Waals surface area (Å²) in [4.78, 5) is 35.2. The van der Waals surface area contributed by atoms with Gasteiger partial charge in [-0.1, -0.05) is 34.1 Å². The molecule has 1 atom stereocenters. The van der Waals surface area contributed by atoms with E-state index in [1.54, 1.807) is 30.3 Å². The molecule has 0 saturated heterocycles. The Kier molecular flexibility index (Phi) is 6.86. The number of esters is 1. The van der Waals surface area contributed by atoms with E-state index in [0.29, 0.717) is 11.3 Å². The third-order valence-corrected chi connectivity index (χ3v) is 4.25. The largest absolute Gasteiger partial charge is 0.449 e. The fraction of sp³-hybridized carbons (Fsp3) is 0.150. The van der Waals surface area contributed by atoms with E-state index in [0.717, 1.165) is 10.0 Å². The minimum Gasteiger partial charge on any atom is -0.449 e. The Hall–Kier alpha value is -2.73. The molecule has 5 nitrogen and oxygen atoms in total. The molecule has 0 aliphatic heterocycles. The molecular formula is C20H18BrNO4. The van der Waals surface area contributed by atoms with Crippen molar-refractivity contribution in [1.82, 2.24) is 0 Å². The van der Waals surface area contributed by atoms with E-state index in [2.05, 4.69) is 21.2 Å². The quantitative estimate of drug-likeness (QED) is 0.435. The molecule has 0 aliphatic carbocycles. The van der Waals surface area contributed by atoms with Crippen LogP contribution in [-0.2, 0) is 14.3 Å². The fourth-order valence-corrected chi connectivity index (χ4v) is 2.48. The molecule has 0 aliphatic rings. The first-order valence-electron chi connectivity index (χ1n) is 7.92. The molecule has 134 valence electrons. The summed E-state index contributed by atoms with van der Waals surface area (Å²) in [5.74, 6) is -1.12. The van der Waals surface area contributed by atoms with Gasteiger partial charge in [0.05, 0.1) is 0 Å². The first-order chi connectivity index (χ1) is 12.4. The molecule has 0 unspecified atom stereocenters. The molecule has 2 aromatic carbocycles. The second kappa shape index (κ2) is 9.10. The van der Waals surface area contributed by atoms with Crippen LogP contribution in [0.4, 0.5) is 5.69 Å². The summed E-state index contributed by atoms with van der Waals surface area (Å²) in [6, 6.07) is 13.9. The number of carbonyl (C=O) groups is 3. The first kappa shape index (κ1) is 19.6. The number of ether oxygens (including phenoxy) is 1. The summed E-state index contributed by atoms with van der Waals surface area (Å²) >= 11 is 3.38. The van der Waals surface area contributed by atoms with Crippen molar-refractivity contribution in [3.63, 3.8) is 0 Å². The second-order valence-corrected chi connectivity index (χ2v) is 6.41. The van der Waals surface area contributed by atoms with Crippen molar-refractivity contribution in [1.29, 1.82) is 0 Å². The minimum atomic E-state index is -0.959. The van der Waals surface area contributed by atoms with Gasteiger partial charge in [0.2, 0.25) is 0 Å². The maximum atomic E-state index is 12.1. The van der Waals surface area contributed by atoms with Crippen molar-refractivity contribution >= 4 is 45.4 Å². The van der Waals surface area contributed by atoms with E-state index in [-0.39, 0.29) is 5.78 Å². The van der Waals surface area contributed by atoms with Gasteiger partial charge in [0.15, 0.2) is 11.9 Å². The van der Waals surface area contributed by atoms with Gasteiger partial charge in [0.1, 0.15) is 0 Å². The molecule has 0 radical (unpaired) electrons. The van der Waals surface area contributed by atoms with Gasteiger partial charge in [0.25, 0.3) is 5.91 Å². The highest BCUT2D eigenvalue weighted by Crippen LogP contribution is 2.17. The second-order valence-electron chi connectivity index (χ2n) is 5.56. The number of nitrogens with one attached hydrogen (secondary N) is 1. The lowest BCUT2D eigenvalue weighted by atomic mass is 10.1. The zero-order valence-electron chi connectivity index (χ0n) is 14.4. The number of anilines is 1. The van der Waals surface area contributed by atoms with Gasteiger partial charge in [-0.3, -0.25) is 9.59 Å². The van der Waals surface area contributed by atoms with Crippen molar-refractivity contribution < 1.29 is 19.1 Å². The van der Waals surface area contributed by atoms with Gasteiger partial charge < -0.3 is 10.1 Å². The summed E-state index contributed by atoms with van der Waals surface area (Å²) < 4.78 is 5.95. The maximum absolute atomic E-state index is 12.1. The van der Waals surface area contributed by atoms with Crippen molar-refractivity contribution in [2.24, 2.45) is 0 Å². The Morgan fingerprint density at radius 1 is 1.08 bits per heavy atom. The van der Waals surface area contributed by atoms with Gasteiger partial charge >= 0.3 is 5.97 Å². The van der Waals surface area contributed by atoms with Crippen LogP contribution in [0.2, 0.25) is 0 Å². The minimum absolute atomic E-state index is 0.0537. The molecule has 0 spiro atoms. The van der Waals surface area contributed by atoms with Crippen LogP contribution >= 0.6 is 15.9 Å². The Morgan fingerprint density at radius 3 is 2.35 bits per heavy atom. The molecular weight excluding hydrogens is 398 g/mol.